The van der Waals surface area contributed by atoms with Crippen molar-refractivity contribution in [2.75, 3.05) is 6.54 Å². The van der Waals surface area contributed by atoms with Gasteiger partial charge in [-0.05, 0) is 24.6 Å². The lowest BCUT2D eigenvalue weighted by atomic mass is 10.0. The first kappa shape index (κ1) is 14.9. The highest BCUT2D eigenvalue weighted by Crippen LogP contribution is 2.39. The fourth-order valence-corrected chi connectivity index (χ4v) is 3.51. The fraction of sp³-hybridized carbons (Fsp3) is 0.133. The number of hydrogen-bond donors (Lipinski definition) is 1. The van der Waals surface area contributed by atoms with Gasteiger partial charge in [0.25, 0.3) is 0 Å². The number of aromatic nitrogens is 2. The van der Waals surface area contributed by atoms with Crippen molar-refractivity contribution in [1.29, 1.82) is 0 Å². The van der Waals surface area contributed by atoms with E-state index in [9.17, 15) is 9.90 Å². The van der Waals surface area contributed by atoms with E-state index in [0.29, 0.717) is 10.8 Å². The Bertz CT molecular complexity index is 846. The van der Waals surface area contributed by atoms with Crippen LogP contribution in [-0.4, -0.2) is 22.5 Å². The number of benzene rings is 1. The van der Waals surface area contributed by atoms with Crippen molar-refractivity contribution in [3.05, 3.63) is 40.5 Å². The van der Waals surface area contributed by atoms with Crippen LogP contribution in [0.2, 0.25) is 5.02 Å². The van der Waals surface area contributed by atoms with Gasteiger partial charge in [0.05, 0.1) is 5.97 Å². The van der Waals surface area contributed by atoms with Crippen LogP contribution in [0, 0.1) is 6.92 Å². The molecule has 3 aromatic rings. The van der Waals surface area contributed by atoms with Crippen LogP contribution in [-0.2, 0) is 4.79 Å². The van der Waals surface area contributed by atoms with Gasteiger partial charge in [0.2, 0.25) is 5.82 Å². The van der Waals surface area contributed by atoms with Crippen molar-refractivity contribution in [3.63, 3.8) is 0 Å². The Morgan fingerprint density at radius 1 is 1.32 bits per heavy atom. The largest absolute Gasteiger partial charge is 0.544 e. The summed E-state index contributed by atoms with van der Waals surface area (Å²) in [5.41, 5.74) is 2.02. The molecule has 5 nitrogen and oxygen atoms in total. The maximum atomic E-state index is 10.7. The lowest BCUT2D eigenvalue weighted by Crippen LogP contribution is -2.81. The molecule has 0 saturated carbocycles. The average molecular weight is 334 g/mol. The molecule has 0 radical (unpaired) electrons. The third kappa shape index (κ3) is 2.81. The highest BCUT2D eigenvalue weighted by atomic mass is 35.5. The van der Waals surface area contributed by atoms with Crippen LogP contribution in [0.4, 0.5) is 5.82 Å². The van der Waals surface area contributed by atoms with Gasteiger partial charge >= 0.3 is 0 Å². The normalized spacial score (nSPS) is 11.0. The molecule has 112 valence electrons. The van der Waals surface area contributed by atoms with Gasteiger partial charge in [-0.3, -0.25) is 5.32 Å². The number of halogens is 1. The number of carboxylic acid groups (broad SMARTS) is 1. The van der Waals surface area contributed by atoms with Crippen molar-refractivity contribution < 1.29 is 15.2 Å². The molecule has 2 heterocycles. The zero-order chi connectivity index (χ0) is 15.7. The number of nitrogens with two attached hydrogens (primary N) is 1. The van der Waals surface area contributed by atoms with Crippen molar-refractivity contribution in [2.45, 2.75) is 6.92 Å². The summed E-state index contributed by atoms with van der Waals surface area (Å²) in [6, 6.07) is 7.53. The Balaban J connectivity index is 2.18. The summed E-state index contributed by atoms with van der Waals surface area (Å²) in [4.78, 5) is 21.2. The van der Waals surface area contributed by atoms with Crippen LogP contribution in [0.15, 0.2) is 30.6 Å². The summed E-state index contributed by atoms with van der Waals surface area (Å²) >= 11 is 7.51. The third-order valence-corrected chi connectivity index (χ3v) is 4.55. The topological polar surface area (TPSA) is 82.5 Å². The first-order chi connectivity index (χ1) is 10.6. The minimum Gasteiger partial charge on any atom is -0.544 e. The number of thiophene rings is 1. The molecule has 3 rings (SSSR count). The predicted octanol–water partition coefficient (Wildman–Crippen LogP) is 1.26. The van der Waals surface area contributed by atoms with Gasteiger partial charge in [0.15, 0.2) is 0 Å². The van der Waals surface area contributed by atoms with E-state index in [1.807, 2.05) is 31.2 Å². The molecule has 0 spiro atoms. The number of aryl methyl sites for hydroxylation is 1. The molecule has 0 saturated heterocycles. The second kappa shape index (κ2) is 6.00. The van der Waals surface area contributed by atoms with Gasteiger partial charge in [-0.1, -0.05) is 23.7 Å². The average Bonchev–Trinajstić information content (AvgIpc) is 2.82. The van der Waals surface area contributed by atoms with Crippen molar-refractivity contribution in [1.82, 2.24) is 9.97 Å². The molecular formula is C15H12ClN3O2S. The maximum Gasteiger partial charge on any atom is 0.237 e. The number of carbonyl (C=O) groups excluding carboxylic acids is 1. The predicted molar refractivity (Wildman–Crippen MR) is 84.1 cm³/mol. The number of aliphatic carboxylic acids is 1. The molecule has 0 bridgehead atoms. The van der Waals surface area contributed by atoms with Gasteiger partial charge in [-0.2, -0.15) is 4.98 Å². The molecule has 0 unspecified atom stereocenters. The summed E-state index contributed by atoms with van der Waals surface area (Å²) in [5, 5.41) is 13.8. The monoisotopic (exact) mass is 333 g/mol. The molecule has 0 aliphatic rings. The smallest absolute Gasteiger partial charge is 0.237 e. The summed E-state index contributed by atoms with van der Waals surface area (Å²) in [5.74, 6) is -0.518. The van der Waals surface area contributed by atoms with E-state index in [1.54, 1.807) is 16.7 Å². The molecule has 0 aliphatic carbocycles. The van der Waals surface area contributed by atoms with E-state index in [1.165, 1.54) is 6.33 Å². The third-order valence-electron chi connectivity index (χ3n) is 3.29. The Morgan fingerprint density at radius 3 is 2.73 bits per heavy atom. The van der Waals surface area contributed by atoms with Crippen LogP contribution >= 0.6 is 22.9 Å². The minimum absolute atomic E-state index is 0.179. The molecule has 22 heavy (non-hydrogen) atoms. The van der Waals surface area contributed by atoms with Gasteiger partial charge in [0, 0.05) is 15.5 Å². The van der Waals surface area contributed by atoms with E-state index in [4.69, 9.17) is 11.6 Å². The van der Waals surface area contributed by atoms with Crippen molar-refractivity contribution >= 4 is 44.9 Å². The number of nitrogens with zero attached hydrogens (tertiary/aromatic N) is 2. The molecule has 7 heteroatoms. The number of hydrogen-bond acceptors (Lipinski definition) is 5. The highest BCUT2D eigenvalue weighted by Gasteiger charge is 2.18. The number of carboxylic acids is 1. The summed E-state index contributed by atoms with van der Waals surface area (Å²) in [7, 11) is 0. The van der Waals surface area contributed by atoms with E-state index in [2.05, 4.69) is 9.97 Å². The Morgan fingerprint density at radius 2 is 2.05 bits per heavy atom. The molecule has 0 fully saturated rings. The molecule has 0 aliphatic heterocycles. The second-order valence-corrected chi connectivity index (χ2v) is 6.40. The Labute approximate surface area is 135 Å². The summed E-state index contributed by atoms with van der Waals surface area (Å²) in [6.07, 6.45) is 1.45. The van der Waals surface area contributed by atoms with Crippen LogP contribution in [0.25, 0.3) is 21.3 Å². The quantitative estimate of drug-likeness (QED) is 0.779. The van der Waals surface area contributed by atoms with E-state index in [-0.39, 0.29) is 6.54 Å². The van der Waals surface area contributed by atoms with Gasteiger partial charge in [-0.25, -0.2) is 4.98 Å². The van der Waals surface area contributed by atoms with Gasteiger partial charge in [-0.15, -0.1) is 11.3 Å². The Hall–Kier alpha value is -2.02. The number of quaternary nitrogens is 1. The lowest BCUT2D eigenvalue weighted by Gasteiger charge is -2.05. The molecule has 2 N–H and O–H groups in total. The fourth-order valence-electron chi connectivity index (χ4n) is 2.37. The number of carbonyl (C=O) groups is 1. The first-order valence-electron chi connectivity index (χ1n) is 6.59. The molecule has 1 aromatic carbocycles. The van der Waals surface area contributed by atoms with Crippen LogP contribution in [0.1, 0.15) is 4.88 Å². The van der Waals surface area contributed by atoms with Gasteiger partial charge < -0.3 is 9.90 Å². The highest BCUT2D eigenvalue weighted by molar-refractivity contribution is 7.19. The van der Waals surface area contributed by atoms with Crippen molar-refractivity contribution in [3.8, 4) is 11.1 Å². The minimum atomic E-state index is -1.13. The molecular weight excluding hydrogens is 322 g/mol. The van der Waals surface area contributed by atoms with Crippen molar-refractivity contribution in [2.24, 2.45) is 0 Å². The first-order valence-corrected chi connectivity index (χ1v) is 7.79. The maximum absolute atomic E-state index is 10.7. The zero-order valence-electron chi connectivity index (χ0n) is 11.7. The van der Waals surface area contributed by atoms with Crippen LogP contribution in [0.3, 0.4) is 0 Å². The number of fused-ring (bicyclic) bond motifs is 1. The summed E-state index contributed by atoms with van der Waals surface area (Å²) in [6.45, 7) is 1.83. The molecule has 0 amide bonds. The standard InChI is InChI=1S/C15H12ClN3O2S/c1-8-12(9-2-4-10(16)5-3-9)13-14(17-6-11(20)21)18-7-19-15(13)22-8/h2-5,7H,6H2,1H3,(H,20,21)(H,17,18,19). The van der Waals surface area contributed by atoms with E-state index >= 15 is 0 Å². The van der Waals surface area contributed by atoms with Gasteiger partial charge in [0.1, 0.15) is 23.1 Å². The Kier molecular flexibility index (Phi) is 4.06. The van der Waals surface area contributed by atoms with Crippen LogP contribution in [0.5, 0.6) is 0 Å². The van der Waals surface area contributed by atoms with E-state index in [0.717, 1.165) is 26.2 Å². The summed E-state index contributed by atoms with van der Waals surface area (Å²) < 4.78 is 0. The number of rotatable bonds is 4. The SMILES string of the molecule is Cc1sc2ncnc([NH2+]CC(=O)[O-])c2c1-c1ccc(Cl)cc1. The lowest BCUT2D eigenvalue weighted by molar-refractivity contribution is -0.571. The van der Waals surface area contributed by atoms with Crippen LogP contribution < -0.4 is 10.4 Å². The molecule has 0 atom stereocenters. The molecule has 2 aromatic heterocycles. The zero-order valence-corrected chi connectivity index (χ0v) is 13.2. The van der Waals surface area contributed by atoms with E-state index < -0.39 is 5.97 Å². The second-order valence-electron chi connectivity index (χ2n) is 4.76.